The van der Waals surface area contributed by atoms with Gasteiger partial charge in [0.25, 0.3) is 0 Å². The number of nitrogens with one attached hydrogen (secondary N) is 2. The molecule has 0 amide bonds. The smallest absolute Gasteiger partial charge is 0.0429 e. The Morgan fingerprint density at radius 3 is 2.44 bits per heavy atom. The van der Waals surface area contributed by atoms with Gasteiger partial charge in [-0.25, -0.2) is 0 Å². The molecular weight excluding hydrogens is 114 g/mol. The van der Waals surface area contributed by atoms with E-state index in [1.807, 2.05) is 0 Å². The standard InChI is InChI=1S/C6H17N3/c1-6(2)9-4-3-8-5-7/h6,8-9H,3-5,7H2,1-2H3. The second kappa shape index (κ2) is 6.01. The molecule has 0 aliphatic heterocycles. The quantitative estimate of drug-likeness (QED) is 0.348. The van der Waals surface area contributed by atoms with Crippen LogP contribution in [0.25, 0.3) is 0 Å². The van der Waals surface area contributed by atoms with E-state index in [1.54, 1.807) is 0 Å². The molecule has 0 atom stereocenters. The Labute approximate surface area is 57.0 Å². The van der Waals surface area contributed by atoms with Crippen LogP contribution < -0.4 is 16.4 Å². The van der Waals surface area contributed by atoms with Gasteiger partial charge in [0.15, 0.2) is 0 Å². The van der Waals surface area contributed by atoms with E-state index in [0.29, 0.717) is 12.7 Å². The van der Waals surface area contributed by atoms with Gasteiger partial charge in [0.1, 0.15) is 0 Å². The van der Waals surface area contributed by atoms with Gasteiger partial charge in [-0.3, -0.25) is 0 Å². The van der Waals surface area contributed by atoms with E-state index < -0.39 is 0 Å². The Balaban J connectivity index is 2.75. The Morgan fingerprint density at radius 1 is 1.33 bits per heavy atom. The summed E-state index contributed by atoms with van der Waals surface area (Å²) < 4.78 is 0. The number of hydrogen-bond donors (Lipinski definition) is 3. The maximum absolute atomic E-state index is 5.21. The zero-order valence-corrected chi connectivity index (χ0v) is 6.28. The van der Waals surface area contributed by atoms with Crippen molar-refractivity contribution >= 4 is 0 Å². The van der Waals surface area contributed by atoms with Crippen LogP contribution in [0, 0.1) is 0 Å². The van der Waals surface area contributed by atoms with E-state index >= 15 is 0 Å². The SMILES string of the molecule is CC(C)NCCNCN. The highest BCUT2D eigenvalue weighted by atomic mass is 15.0. The van der Waals surface area contributed by atoms with Crippen LogP contribution in [0.3, 0.4) is 0 Å². The molecule has 0 aromatic carbocycles. The van der Waals surface area contributed by atoms with Gasteiger partial charge in [-0.15, -0.1) is 0 Å². The first-order valence-corrected chi connectivity index (χ1v) is 3.41. The lowest BCUT2D eigenvalue weighted by atomic mass is 10.4. The van der Waals surface area contributed by atoms with Gasteiger partial charge in [0.2, 0.25) is 0 Å². The molecule has 0 rings (SSSR count). The van der Waals surface area contributed by atoms with E-state index in [9.17, 15) is 0 Å². The fourth-order valence-electron chi connectivity index (χ4n) is 0.551. The molecule has 0 bridgehead atoms. The fourth-order valence-corrected chi connectivity index (χ4v) is 0.551. The van der Waals surface area contributed by atoms with Gasteiger partial charge >= 0.3 is 0 Å². The van der Waals surface area contributed by atoms with Crippen LogP contribution in [0.15, 0.2) is 0 Å². The predicted octanol–water partition coefficient (Wildman–Crippen LogP) is -0.510. The zero-order chi connectivity index (χ0) is 7.11. The maximum atomic E-state index is 5.21. The molecule has 0 saturated heterocycles. The summed E-state index contributed by atoms with van der Waals surface area (Å²) in [6.07, 6.45) is 0. The third-order valence-corrected chi connectivity index (χ3v) is 0.999. The molecule has 0 aromatic heterocycles. The van der Waals surface area contributed by atoms with Crippen molar-refractivity contribution in [1.82, 2.24) is 10.6 Å². The number of nitrogens with two attached hydrogens (primary N) is 1. The summed E-state index contributed by atoms with van der Waals surface area (Å²) in [4.78, 5) is 0. The summed E-state index contributed by atoms with van der Waals surface area (Å²) in [5.74, 6) is 0. The molecule has 0 fully saturated rings. The lowest BCUT2D eigenvalue weighted by Crippen LogP contribution is -2.33. The second-order valence-electron chi connectivity index (χ2n) is 2.31. The monoisotopic (exact) mass is 131 g/mol. The van der Waals surface area contributed by atoms with E-state index in [4.69, 9.17) is 5.73 Å². The molecule has 0 aromatic rings. The van der Waals surface area contributed by atoms with Crippen LogP contribution in [0.1, 0.15) is 13.8 Å². The van der Waals surface area contributed by atoms with E-state index in [1.165, 1.54) is 0 Å². The van der Waals surface area contributed by atoms with Crippen molar-refractivity contribution in [3.63, 3.8) is 0 Å². The molecule has 0 saturated carbocycles. The molecule has 9 heavy (non-hydrogen) atoms. The molecule has 0 aliphatic rings. The minimum atomic E-state index is 0.569. The van der Waals surface area contributed by atoms with Crippen molar-refractivity contribution in [2.75, 3.05) is 19.8 Å². The summed E-state index contributed by atoms with van der Waals surface area (Å²) in [5.41, 5.74) is 5.21. The normalized spacial score (nSPS) is 10.7. The van der Waals surface area contributed by atoms with Crippen LogP contribution in [0.2, 0.25) is 0 Å². The average molecular weight is 131 g/mol. The summed E-state index contributed by atoms with van der Waals surface area (Å²) >= 11 is 0. The van der Waals surface area contributed by atoms with Gasteiger partial charge in [0, 0.05) is 25.8 Å². The Kier molecular flexibility index (Phi) is 5.93. The predicted molar refractivity (Wildman–Crippen MR) is 40.2 cm³/mol. The Hall–Kier alpha value is -0.120. The first kappa shape index (κ1) is 8.88. The average Bonchev–Trinajstić information content (AvgIpc) is 1.80. The van der Waals surface area contributed by atoms with Crippen molar-refractivity contribution in [1.29, 1.82) is 0 Å². The van der Waals surface area contributed by atoms with Crippen LogP contribution in [-0.2, 0) is 0 Å². The van der Waals surface area contributed by atoms with Crippen LogP contribution in [-0.4, -0.2) is 25.8 Å². The topological polar surface area (TPSA) is 50.1 Å². The van der Waals surface area contributed by atoms with Crippen molar-refractivity contribution in [2.45, 2.75) is 19.9 Å². The summed E-state index contributed by atoms with van der Waals surface area (Å²) in [5, 5.41) is 6.28. The second-order valence-corrected chi connectivity index (χ2v) is 2.31. The number of hydrogen-bond acceptors (Lipinski definition) is 3. The number of rotatable bonds is 5. The molecule has 0 aliphatic carbocycles. The minimum absolute atomic E-state index is 0.569. The van der Waals surface area contributed by atoms with Crippen molar-refractivity contribution in [3.8, 4) is 0 Å². The van der Waals surface area contributed by atoms with E-state index in [-0.39, 0.29) is 0 Å². The Morgan fingerprint density at radius 2 is 2.00 bits per heavy atom. The molecule has 0 radical (unpaired) electrons. The van der Waals surface area contributed by atoms with E-state index in [0.717, 1.165) is 13.1 Å². The molecule has 3 heteroatoms. The van der Waals surface area contributed by atoms with Crippen LogP contribution >= 0.6 is 0 Å². The molecule has 0 heterocycles. The molecule has 4 N–H and O–H groups in total. The molecule has 56 valence electrons. The third kappa shape index (κ3) is 7.88. The lowest BCUT2D eigenvalue weighted by Gasteiger charge is -2.06. The zero-order valence-electron chi connectivity index (χ0n) is 6.28. The fraction of sp³-hybridized carbons (Fsp3) is 1.00. The van der Waals surface area contributed by atoms with Crippen LogP contribution in [0.4, 0.5) is 0 Å². The maximum Gasteiger partial charge on any atom is 0.0429 e. The molecule has 0 spiro atoms. The molecular formula is C6H17N3. The van der Waals surface area contributed by atoms with Gasteiger partial charge in [-0.05, 0) is 0 Å². The highest BCUT2D eigenvalue weighted by Gasteiger charge is 1.88. The highest BCUT2D eigenvalue weighted by molar-refractivity contribution is 4.53. The van der Waals surface area contributed by atoms with Gasteiger partial charge < -0.3 is 16.4 Å². The van der Waals surface area contributed by atoms with Crippen molar-refractivity contribution in [2.24, 2.45) is 5.73 Å². The first-order valence-electron chi connectivity index (χ1n) is 3.41. The summed E-state index contributed by atoms with van der Waals surface area (Å²) in [6, 6.07) is 0.574. The van der Waals surface area contributed by atoms with Crippen molar-refractivity contribution < 1.29 is 0 Å². The third-order valence-electron chi connectivity index (χ3n) is 0.999. The van der Waals surface area contributed by atoms with Crippen LogP contribution in [0.5, 0.6) is 0 Å². The van der Waals surface area contributed by atoms with Crippen molar-refractivity contribution in [3.05, 3.63) is 0 Å². The van der Waals surface area contributed by atoms with Gasteiger partial charge in [0.05, 0.1) is 0 Å². The lowest BCUT2D eigenvalue weighted by molar-refractivity contribution is 0.560. The first-order chi connectivity index (χ1) is 4.27. The van der Waals surface area contributed by atoms with Gasteiger partial charge in [-0.2, -0.15) is 0 Å². The summed E-state index contributed by atoms with van der Waals surface area (Å²) in [6.45, 7) is 6.77. The highest BCUT2D eigenvalue weighted by Crippen LogP contribution is 1.71. The minimum Gasteiger partial charge on any atom is -0.318 e. The largest absolute Gasteiger partial charge is 0.318 e. The Bertz CT molecular complexity index is 54.3. The summed E-state index contributed by atoms with van der Waals surface area (Å²) in [7, 11) is 0. The molecule has 3 nitrogen and oxygen atoms in total. The molecule has 0 unspecified atom stereocenters. The van der Waals surface area contributed by atoms with E-state index in [2.05, 4.69) is 24.5 Å². The van der Waals surface area contributed by atoms with Gasteiger partial charge in [-0.1, -0.05) is 13.8 Å².